The van der Waals surface area contributed by atoms with Crippen molar-refractivity contribution in [2.75, 3.05) is 0 Å². The molecule has 1 aliphatic heterocycles. The minimum atomic E-state index is 0.481. The molecule has 0 unspecified atom stereocenters. The number of fused-ring (bicyclic) bond motifs is 3. The third-order valence-electron chi connectivity index (χ3n) is 2.90. The highest BCUT2D eigenvalue weighted by Gasteiger charge is 2.21. The number of para-hydroxylation sites is 1. The van der Waals surface area contributed by atoms with Crippen LogP contribution in [0.3, 0.4) is 0 Å². The van der Waals surface area contributed by atoms with Crippen LogP contribution < -0.4 is 10.1 Å². The number of ether oxygens (including phenoxy) is 1. The molecule has 0 aliphatic carbocycles. The van der Waals surface area contributed by atoms with Crippen molar-refractivity contribution < 1.29 is 4.74 Å². The Hall–Kier alpha value is -1.39. The summed E-state index contributed by atoms with van der Waals surface area (Å²) in [5.41, 5.74) is 2.22. The van der Waals surface area contributed by atoms with Gasteiger partial charge in [-0.15, -0.1) is 11.3 Å². The van der Waals surface area contributed by atoms with Crippen LogP contribution >= 0.6 is 11.3 Å². The molecule has 1 aromatic heterocycles. The van der Waals surface area contributed by atoms with Crippen molar-refractivity contribution in [3.05, 3.63) is 34.2 Å². The van der Waals surface area contributed by atoms with Gasteiger partial charge < -0.3 is 10.1 Å². The molecule has 0 saturated heterocycles. The number of nitrogens with one attached hydrogen (secondary N) is 1. The van der Waals surface area contributed by atoms with E-state index in [9.17, 15) is 0 Å². The Labute approximate surface area is 111 Å². The van der Waals surface area contributed by atoms with E-state index >= 15 is 0 Å². The number of hydrogen-bond acceptors (Lipinski definition) is 4. The summed E-state index contributed by atoms with van der Waals surface area (Å²) < 4.78 is 5.74. The molecule has 0 fully saturated rings. The fraction of sp³-hybridized carbons (Fsp3) is 0.357. The van der Waals surface area contributed by atoms with Gasteiger partial charge >= 0.3 is 0 Å². The molecular formula is C14H16N2OS. The maximum atomic E-state index is 5.74. The zero-order valence-electron chi connectivity index (χ0n) is 10.6. The maximum absolute atomic E-state index is 5.74. The van der Waals surface area contributed by atoms with E-state index in [0.717, 1.165) is 28.6 Å². The summed E-state index contributed by atoms with van der Waals surface area (Å²) >= 11 is 1.74. The summed E-state index contributed by atoms with van der Waals surface area (Å²) in [4.78, 5) is 5.97. The second kappa shape index (κ2) is 4.71. The van der Waals surface area contributed by atoms with Gasteiger partial charge in [0.25, 0.3) is 0 Å². The van der Waals surface area contributed by atoms with Gasteiger partial charge in [0, 0.05) is 18.2 Å². The molecule has 4 heteroatoms. The molecular weight excluding hydrogens is 244 g/mol. The van der Waals surface area contributed by atoms with Crippen LogP contribution in [0.1, 0.15) is 23.7 Å². The van der Waals surface area contributed by atoms with E-state index in [2.05, 4.69) is 25.2 Å². The van der Waals surface area contributed by atoms with Crippen molar-refractivity contribution in [3.8, 4) is 17.0 Å². The number of aromatic nitrogens is 1. The van der Waals surface area contributed by atoms with Gasteiger partial charge in [0.05, 0.1) is 10.6 Å². The molecule has 0 bridgehead atoms. The fourth-order valence-corrected chi connectivity index (χ4v) is 2.95. The van der Waals surface area contributed by atoms with E-state index in [-0.39, 0.29) is 0 Å². The summed E-state index contributed by atoms with van der Waals surface area (Å²) in [5, 5.41) is 4.54. The molecule has 2 heterocycles. The van der Waals surface area contributed by atoms with E-state index in [1.165, 1.54) is 4.88 Å². The number of benzene rings is 1. The van der Waals surface area contributed by atoms with Crippen LogP contribution in [0.4, 0.5) is 0 Å². The van der Waals surface area contributed by atoms with Crippen molar-refractivity contribution in [1.82, 2.24) is 10.3 Å². The number of hydrogen-bond donors (Lipinski definition) is 1. The zero-order chi connectivity index (χ0) is 12.5. The molecule has 0 atom stereocenters. The highest BCUT2D eigenvalue weighted by molar-refractivity contribution is 7.12. The van der Waals surface area contributed by atoms with E-state index in [1.807, 2.05) is 18.2 Å². The van der Waals surface area contributed by atoms with Gasteiger partial charge in [-0.2, -0.15) is 0 Å². The average Bonchev–Trinajstić information content (AvgIpc) is 2.79. The lowest BCUT2D eigenvalue weighted by Gasteiger charge is -2.15. The lowest BCUT2D eigenvalue weighted by molar-refractivity contribution is 0.305. The Bertz CT molecular complexity index is 563. The van der Waals surface area contributed by atoms with Crippen molar-refractivity contribution in [1.29, 1.82) is 0 Å². The van der Waals surface area contributed by atoms with Crippen LogP contribution in [0, 0.1) is 0 Å². The number of rotatable bonds is 3. The Morgan fingerprint density at radius 1 is 1.39 bits per heavy atom. The SMILES string of the molecule is CC(C)NCc1nc2c(s1)COc1ccccc1-2. The smallest absolute Gasteiger partial charge is 0.129 e. The molecule has 1 aliphatic rings. The number of nitrogens with zero attached hydrogens (tertiary/aromatic N) is 1. The van der Waals surface area contributed by atoms with Crippen LogP contribution in [-0.2, 0) is 13.2 Å². The lowest BCUT2D eigenvalue weighted by atomic mass is 10.1. The van der Waals surface area contributed by atoms with E-state index < -0.39 is 0 Å². The average molecular weight is 260 g/mol. The van der Waals surface area contributed by atoms with Gasteiger partial charge in [-0.1, -0.05) is 26.0 Å². The first-order chi connectivity index (χ1) is 8.74. The molecule has 0 spiro atoms. The van der Waals surface area contributed by atoms with Crippen LogP contribution in [0.2, 0.25) is 0 Å². The third-order valence-corrected chi connectivity index (χ3v) is 3.93. The molecule has 1 N–H and O–H groups in total. The van der Waals surface area contributed by atoms with Crippen LogP contribution in [0.5, 0.6) is 5.75 Å². The third kappa shape index (κ3) is 2.13. The quantitative estimate of drug-likeness (QED) is 0.920. The first-order valence-corrected chi connectivity index (χ1v) is 7.00. The largest absolute Gasteiger partial charge is 0.487 e. The van der Waals surface area contributed by atoms with Crippen molar-refractivity contribution in [2.24, 2.45) is 0 Å². The van der Waals surface area contributed by atoms with E-state index in [1.54, 1.807) is 11.3 Å². The molecule has 3 nitrogen and oxygen atoms in total. The second-order valence-corrected chi connectivity index (χ2v) is 5.87. The molecule has 0 saturated carbocycles. The van der Waals surface area contributed by atoms with Gasteiger partial charge in [-0.05, 0) is 12.1 Å². The molecule has 94 valence electrons. The maximum Gasteiger partial charge on any atom is 0.129 e. The topological polar surface area (TPSA) is 34.2 Å². The van der Waals surface area contributed by atoms with Gasteiger partial charge in [0.1, 0.15) is 17.4 Å². The van der Waals surface area contributed by atoms with Crippen LogP contribution in [-0.4, -0.2) is 11.0 Å². The Kier molecular flexibility index (Phi) is 3.06. The van der Waals surface area contributed by atoms with Gasteiger partial charge in [-0.3, -0.25) is 0 Å². The molecule has 1 aromatic carbocycles. The first kappa shape index (κ1) is 11.7. The summed E-state index contributed by atoms with van der Waals surface area (Å²) in [7, 11) is 0. The van der Waals surface area contributed by atoms with Crippen molar-refractivity contribution in [3.63, 3.8) is 0 Å². The lowest BCUT2D eigenvalue weighted by Crippen LogP contribution is -2.21. The number of thiazole rings is 1. The van der Waals surface area contributed by atoms with Crippen molar-refractivity contribution in [2.45, 2.75) is 33.0 Å². The van der Waals surface area contributed by atoms with Gasteiger partial charge in [-0.25, -0.2) is 4.98 Å². The van der Waals surface area contributed by atoms with Crippen molar-refractivity contribution >= 4 is 11.3 Å². The minimum Gasteiger partial charge on any atom is -0.487 e. The Morgan fingerprint density at radius 3 is 3.06 bits per heavy atom. The van der Waals surface area contributed by atoms with E-state index in [4.69, 9.17) is 9.72 Å². The highest BCUT2D eigenvalue weighted by Crippen LogP contribution is 2.39. The van der Waals surface area contributed by atoms with E-state index in [0.29, 0.717) is 12.6 Å². The predicted octanol–water partition coefficient (Wildman–Crippen LogP) is 3.20. The predicted molar refractivity (Wildman–Crippen MR) is 73.9 cm³/mol. The summed E-state index contributed by atoms with van der Waals surface area (Å²) in [6.07, 6.45) is 0. The van der Waals surface area contributed by atoms with Crippen LogP contribution in [0.15, 0.2) is 24.3 Å². The Balaban J connectivity index is 1.92. The summed E-state index contributed by atoms with van der Waals surface area (Å²) in [6, 6.07) is 8.59. The summed E-state index contributed by atoms with van der Waals surface area (Å²) in [6.45, 7) is 5.76. The van der Waals surface area contributed by atoms with Crippen LogP contribution in [0.25, 0.3) is 11.3 Å². The highest BCUT2D eigenvalue weighted by atomic mass is 32.1. The van der Waals surface area contributed by atoms with Gasteiger partial charge in [0.2, 0.25) is 0 Å². The molecule has 0 amide bonds. The second-order valence-electron chi connectivity index (χ2n) is 4.70. The fourth-order valence-electron chi connectivity index (χ4n) is 2.01. The molecule has 18 heavy (non-hydrogen) atoms. The standard InChI is InChI=1S/C14H16N2OS/c1-9(2)15-7-13-16-14-10-5-3-4-6-11(10)17-8-12(14)18-13/h3-6,9,15H,7-8H2,1-2H3. The first-order valence-electron chi connectivity index (χ1n) is 6.18. The Morgan fingerprint density at radius 2 is 2.22 bits per heavy atom. The molecule has 0 radical (unpaired) electrons. The minimum absolute atomic E-state index is 0.481. The van der Waals surface area contributed by atoms with Gasteiger partial charge in [0.15, 0.2) is 0 Å². The zero-order valence-corrected chi connectivity index (χ0v) is 11.4. The monoisotopic (exact) mass is 260 g/mol. The molecule has 2 aromatic rings. The normalized spacial score (nSPS) is 13.1. The molecule has 3 rings (SSSR count). The summed E-state index contributed by atoms with van der Waals surface area (Å²) in [5.74, 6) is 0.943.